The third-order valence-corrected chi connectivity index (χ3v) is 5.14. The molecule has 2 aromatic rings. The van der Waals surface area contributed by atoms with Crippen LogP contribution in [0.2, 0.25) is 0 Å². The monoisotopic (exact) mass is 269 g/mol. The van der Waals surface area contributed by atoms with Crippen LogP contribution in [0.4, 0.5) is 5.69 Å². The summed E-state index contributed by atoms with van der Waals surface area (Å²) in [6.45, 7) is 1.94. The van der Waals surface area contributed by atoms with Gasteiger partial charge in [0.25, 0.3) is 0 Å². The van der Waals surface area contributed by atoms with E-state index in [0.717, 1.165) is 56.2 Å². The summed E-state index contributed by atoms with van der Waals surface area (Å²) in [5.41, 5.74) is 3.33. The van der Waals surface area contributed by atoms with Crippen molar-refractivity contribution in [3.8, 4) is 0 Å². The minimum atomic E-state index is 0.00989. The number of rotatable bonds is 1. The SMILES string of the molecule is O=C1CCCC12CCN(c1cccc3[nH]cnc13)CC2. The number of anilines is 1. The lowest BCUT2D eigenvalue weighted by atomic mass is 9.76. The number of ketones is 1. The molecule has 0 unspecified atom stereocenters. The van der Waals surface area contributed by atoms with Gasteiger partial charge in [-0.25, -0.2) is 4.98 Å². The zero-order chi connectivity index (χ0) is 13.6. The van der Waals surface area contributed by atoms with Crippen molar-refractivity contribution < 1.29 is 4.79 Å². The molecule has 1 saturated carbocycles. The molecule has 4 heteroatoms. The van der Waals surface area contributed by atoms with Gasteiger partial charge in [-0.05, 0) is 37.8 Å². The Morgan fingerprint density at radius 3 is 2.80 bits per heavy atom. The highest BCUT2D eigenvalue weighted by atomic mass is 16.1. The largest absolute Gasteiger partial charge is 0.370 e. The van der Waals surface area contributed by atoms with Crippen LogP contribution in [0.15, 0.2) is 24.5 Å². The van der Waals surface area contributed by atoms with Gasteiger partial charge in [0.05, 0.1) is 17.5 Å². The molecule has 0 radical (unpaired) electrons. The molecule has 0 amide bonds. The number of carbonyl (C=O) groups excluding carboxylic acids is 1. The molecule has 0 atom stereocenters. The summed E-state index contributed by atoms with van der Waals surface area (Å²) >= 11 is 0. The van der Waals surface area contributed by atoms with Gasteiger partial charge in [0, 0.05) is 24.9 Å². The number of nitrogens with one attached hydrogen (secondary N) is 1. The maximum atomic E-state index is 12.1. The van der Waals surface area contributed by atoms with Crippen LogP contribution in [0.3, 0.4) is 0 Å². The third-order valence-electron chi connectivity index (χ3n) is 5.14. The van der Waals surface area contributed by atoms with Gasteiger partial charge >= 0.3 is 0 Å². The smallest absolute Gasteiger partial charge is 0.139 e. The Kier molecular flexibility index (Phi) is 2.59. The maximum absolute atomic E-state index is 12.1. The summed E-state index contributed by atoms with van der Waals surface area (Å²) in [5.74, 6) is 0.509. The number of H-pyrrole nitrogens is 1. The number of aromatic nitrogens is 2. The van der Waals surface area contributed by atoms with Gasteiger partial charge in [0.15, 0.2) is 0 Å². The van der Waals surface area contributed by atoms with Crippen LogP contribution in [-0.2, 0) is 4.79 Å². The van der Waals surface area contributed by atoms with E-state index in [-0.39, 0.29) is 5.41 Å². The lowest BCUT2D eigenvalue weighted by molar-refractivity contribution is -0.126. The van der Waals surface area contributed by atoms with E-state index in [1.54, 1.807) is 6.33 Å². The molecular weight excluding hydrogens is 250 g/mol. The molecule has 1 aromatic carbocycles. The van der Waals surface area contributed by atoms with E-state index < -0.39 is 0 Å². The van der Waals surface area contributed by atoms with Crippen molar-refractivity contribution in [1.82, 2.24) is 9.97 Å². The van der Waals surface area contributed by atoms with Gasteiger partial charge < -0.3 is 9.88 Å². The maximum Gasteiger partial charge on any atom is 0.139 e. The number of piperidine rings is 1. The van der Waals surface area contributed by atoms with E-state index in [0.29, 0.717) is 5.78 Å². The van der Waals surface area contributed by atoms with E-state index in [1.807, 2.05) is 0 Å². The Labute approximate surface area is 118 Å². The summed E-state index contributed by atoms with van der Waals surface area (Å²) in [4.78, 5) is 22.1. The topological polar surface area (TPSA) is 49.0 Å². The van der Waals surface area contributed by atoms with Crippen molar-refractivity contribution >= 4 is 22.5 Å². The van der Waals surface area contributed by atoms with Crippen LogP contribution in [0.1, 0.15) is 32.1 Å². The Morgan fingerprint density at radius 2 is 2.05 bits per heavy atom. The van der Waals surface area contributed by atoms with Crippen LogP contribution < -0.4 is 4.90 Å². The van der Waals surface area contributed by atoms with Crippen molar-refractivity contribution in [2.45, 2.75) is 32.1 Å². The normalized spacial score (nSPS) is 22.0. The van der Waals surface area contributed by atoms with Crippen LogP contribution in [0.25, 0.3) is 11.0 Å². The van der Waals surface area contributed by atoms with Crippen molar-refractivity contribution in [3.05, 3.63) is 24.5 Å². The van der Waals surface area contributed by atoms with E-state index in [9.17, 15) is 4.79 Å². The van der Waals surface area contributed by atoms with Crippen LogP contribution in [0.5, 0.6) is 0 Å². The highest BCUT2D eigenvalue weighted by Crippen LogP contribution is 2.44. The minimum absolute atomic E-state index is 0.00989. The van der Waals surface area contributed by atoms with Crippen molar-refractivity contribution in [3.63, 3.8) is 0 Å². The summed E-state index contributed by atoms with van der Waals surface area (Å²) < 4.78 is 0. The number of fused-ring (bicyclic) bond motifs is 1. The molecule has 104 valence electrons. The Balaban J connectivity index is 1.60. The third kappa shape index (κ3) is 1.67. The zero-order valence-electron chi connectivity index (χ0n) is 11.6. The molecule has 2 fully saturated rings. The van der Waals surface area contributed by atoms with E-state index in [1.165, 1.54) is 5.69 Å². The quantitative estimate of drug-likeness (QED) is 0.866. The minimum Gasteiger partial charge on any atom is -0.370 e. The number of Topliss-reactive ketones (excluding diaryl/α,β-unsaturated/α-hetero) is 1. The van der Waals surface area contributed by atoms with Crippen LogP contribution in [0, 0.1) is 5.41 Å². The van der Waals surface area contributed by atoms with Gasteiger partial charge in [-0.1, -0.05) is 6.07 Å². The van der Waals surface area contributed by atoms with Gasteiger partial charge in [0.2, 0.25) is 0 Å². The average Bonchev–Trinajstić information content (AvgIpc) is 3.08. The van der Waals surface area contributed by atoms with Gasteiger partial charge in [-0.3, -0.25) is 4.79 Å². The number of benzene rings is 1. The number of carbonyl (C=O) groups is 1. The van der Waals surface area contributed by atoms with Crippen LogP contribution >= 0.6 is 0 Å². The first-order chi connectivity index (χ1) is 9.78. The Hall–Kier alpha value is -1.84. The van der Waals surface area contributed by atoms with E-state index in [4.69, 9.17) is 0 Å². The van der Waals surface area contributed by atoms with E-state index >= 15 is 0 Å². The molecule has 1 aliphatic carbocycles. The molecule has 4 rings (SSSR count). The second-order valence-electron chi connectivity index (χ2n) is 6.12. The number of imidazole rings is 1. The Morgan fingerprint density at radius 1 is 1.20 bits per heavy atom. The first-order valence-corrected chi connectivity index (χ1v) is 7.49. The lowest BCUT2D eigenvalue weighted by Crippen LogP contribution is -2.42. The van der Waals surface area contributed by atoms with Gasteiger partial charge in [0.1, 0.15) is 11.3 Å². The molecule has 1 aliphatic heterocycles. The first kappa shape index (κ1) is 11.9. The fourth-order valence-corrected chi connectivity index (χ4v) is 3.90. The molecule has 1 spiro atoms. The summed E-state index contributed by atoms with van der Waals surface area (Å²) in [7, 11) is 0. The molecule has 1 N–H and O–H groups in total. The predicted octanol–water partition coefficient (Wildman–Crippen LogP) is 2.90. The number of nitrogens with zero attached hydrogens (tertiary/aromatic N) is 2. The molecule has 0 bridgehead atoms. The fourth-order valence-electron chi connectivity index (χ4n) is 3.90. The van der Waals surface area contributed by atoms with Crippen LogP contribution in [-0.4, -0.2) is 28.8 Å². The molecule has 20 heavy (non-hydrogen) atoms. The molecule has 1 aromatic heterocycles. The summed E-state index contributed by atoms with van der Waals surface area (Å²) in [5, 5.41) is 0. The van der Waals surface area contributed by atoms with Crippen molar-refractivity contribution in [2.24, 2.45) is 5.41 Å². The first-order valence-electron chi connectivity index (χ1n) is 7.49. The van der Waals surface area contributed by atoms with Gasteiger partial charge in [-0.2, -0.15) is 0 Å². The molecule has 1 saturated heterocycles. The predicted molar refractivity (Wildman–Crippen MR) is 78.8 cm³/mol. The van der Waals surface area contributed by atoms with Gasteiger partial charge in [-0.15, -0.1) is 0 Å². The number of para-hydroxylation sites is 1. The highest BCUT2D eigenvalue weighted by molar-refractivity contribution is 5.89. The highest BCUT2D eigenvalue weighted by Gasteiger charge is 2.43. The Bertz CT molecular complexity index is 653. The fraction of sp³-hybridized carbons (Fsp3) is 0.500. The van der Waals surface area contributed by atoms with E-state index in [2.05, 4.69) is 33.1 Å². The molecular formula is C16H19N3O. The number of aromatic amines is 1. The standard InChI is InChI=1S/C16H19N3O/c20-14-5-2-6-16(14)7-9-19(10-8-16)13-4-1-3-12-15(13)18-11-17-12/h1,3-4,11H,2,5-10H2,(H,17,18). The summed E-state index contributed by atoms with van der Waals surface area (Å²) in [6, 6.07) is 6.26. The number of hydrogen-bond donors (Lipinski definition) is 1. The second kappa shape index (κ2) is 4.33. The lowest BCUT2D eigenvalue weighted by Gasteiger charge is -2.39. The van der Waals surface area contributed by atoms with Crippen molar-refractivity contribution in [1.29, 1.82) is 0 Å². The van der Waals surface area contributed by atoms with Crippen molar-refractivity contribution in [2.75, 3.05) is 18.0 Å². The molecule has 4 nitrogen and oxygen atoms in total. The second-order valence-corrected chi connectivity index (χ2v) is 6.12. The zero-order valence-corrected chi connectivity index (χ0v) is 11.6. The number of hydrogen-bond acceptors (Lipinski definition) is 3. The molecule has 2 heterocycles. The molecule has 2 aliphatic rings. The average molecular weight is 269 g/mol. The summed E-state index contributed by atoms with van der Waals surface area (Å²) in [6.07, 6.45) is 6.76.